The molecule has 0 amide bonds. The second-order valence-electron chi connectivity index (χ2n) is 5.22. The van der Waals surface area contributed by atoms with E-state index < -0.39 is 11.9 Å². The first-order valence-corrected chi connectivity index (χ1v) is 9.40. The Morgan fingerprint density at radius 1 is 1.30 bits per heavy atom. The number of cyclic esters (lactones) is 1. The molecule has 1 aromatic heterocycles. The maximum Gasteiger partial charge on any atom is 0.363 e. The van der Waals surface area contributed by atoms with Crippen LogP contribution in [0.25, 0.3) is 6.08 Å². The largest absolute Gasteiger partial charge is 0.480 e. The molecule has 0 fully saturated rings. The minimum Gasteiger partial charge on any atom is -0.480 e. The molecule has 140 valence electrons. The predicted molar refractivity (Wildman–Crippen MR) is 103 cm³/mol. The summed E-state index contributed by atoms with van der Waals surface area (Å²) in [6.07, 6.45) is 3.04. The van der Waals surface area contributed by atoms with Gasteiger partial charge in [0.15, 0.2) is 18.1 Å². The number of furan rings is 1. The highest BCUT2D eigenvalue weighted by molar-refractivity contribution is 9.11. The molecule has 0 N–H and O–H groups in total. The fourth-order valence-corrected chi connectivity index (χ4v) is 3.66. The number of nitrogens with zero attached hydrogens (tertiary/aromatic N) is 1. The second kappa shape index (κ2) is 8.53. The highest BCUT2D eigenvalue weighted by Crippen LogP contribution is 2.35. The van der Waals surface area contributed by atoms with Gasteiger partial charge in [-0.3, -0.25) is 0 Å². The van der Waals surface area contributed by atoms with Crippen LogP contribution < -0.4 is 4.74 Å². The van der Waals surface area contributed by atoms with Crippen molar-refractivity contribution in [1.29, 1.82) is 0 Å². The van der Waals surface area contributed by atoms with Gasteiger partial charge in [-0.25, -0.2) is 14.6 Å². The van der Waals surface area contributed by atoms with E-state index in [4.69, 9.17) is 18.6 Å². The molecule has 0 aliphatic carbocycles. The Labute approximate surface area is 171 Å². The van der Waals surface area contributed by atoms with E-state index in [0.29, 0.717) is 26.0 Å². The van der Waals surface area contributed by atoms with Gasteiger partial charge in [-0.15, -0.1) is 0 Å². The average Bonchev–Trinajstić information content (AvgIpc) is 3.25. The minimum absolute atomic E-state index is 0.115. The van der Waals surface area contributed by atoms with Crippen molar-refractivity contribution in [3.63, 3.8) is 0 Å². The molecule has 3 rings (SSSR count). The summed E-state index contributed by atoms with van der Waals surface area (Å²) in [4.78, 5) is 27.6. The van der Waals surface area contributed by atoms with Gasteiger partial charge in [-0.1, -0.05) is 0 Å². The Hall–Kier alpha value is -2.39. The Balaban J connectivity index is 1.80. The van der Waals surface area contributed by atoms with Crippen LogP contribution in [0.4, 0.5) is 0 Å². The van der Waals surface area contributed by atoms with Crippen molar-refractivity contribution in [3.05, 3.63) is 56.5 Å². The zero-order valence-corrected chi connectivity index (χ0v) is 17.2. The summed E-state index contributed by atoms with van der Waals surface area (Å²) < 4.78 is 21.8. The molecule has 1 aliphatic heterocycles. The lowest BCUT2D eigenvalue weighted by atomic mass is 10.2. The number of carbonyl (C=O) groups is 2. The quantitative estimate of drug-likeness (QED) is 0.440. The summed E-state index contributed by atoms with van der Waals surface area (Å²) in [5.74, 6) is -0.105. The van der Waals surface area contributed by atoms with Crippen LogP contribution in [0.15, 0.2) is 54.6 Å². The van der Waals surface area contributed by atoms with Crippen LogP contribution in [-0.2, 0) is 19.1 Å². The lowest BCUT2D eigenvalue weighted by Gasteiger charge is -2.10. The van der Waals surface area contributed by atoms with Crippen LogP contribution in [0.5, 0.6) is 5.75 Å². The number of rotatable bonds is 6. The van der Waals surface area contributed by atoms with Crippen LogP contribution in [0.2, 0.25) is 0 Å². The van der Waals surface area contributed by atoms with Crippen LogP contribution >= 0.6 is 31.9 Å². The molecule has 1 aliphatic rings. The molecular weight excluding hydrogens is 486 g/mol. The standard InChI is InChI=1S/C18H13Br2NO6/c1-2-24-15(22)9-26-16-11(19)6-10(7-12(16)20)8-13-18(23)27-17(21-13)14-4-3-5-25-14/h3-8H,2,9H2,1H3/b13-8-. The van der Waals surface area contributed by atoms with Gasteiger partial charge in [-0.2, -0.15) is 0 Å². The van der Waals surface area contributed by atoms with Crippen LogP contribution in [0, 0.1) is 0 Å². The van der Waals surface area contributed by atoms with Crippen LogP contribution in [-0.4, -0.2) is 31.1 Å². The van der Waals surface area contributed by atoms with E-state index in [1.165, 1.54) is 6.26 Å². The van der Waals surface area contributed by atoms with E-state index in [2.05, 4.69) is 36.9 Å². The number of esters is 2. The first-order valence-electron chi connectivity index (χ1n) is 7.82. The van der Waals surface area contributed by atoms with Gasteiger partial charge in [0.25, 0.3) is 5.90 Å². The van der Waals surface area contributed by atoms with Crippen LogP contribution in [0.3, 0.4) is 0 Å². The summed E-state index contributed by atoms with van der Waals surface area (Å²) in [5, 5.41) is 0. The SMILES string of the molecule is CCOC(=O)COc1c(Br)cc(/C=C2\N=C(c3ccco3)OC2=O)cc1Br. The summed E-state index contributed by atoms with van der Waals surface area (Å²) in [6.45, 7) is 1.79. The van der Waals surface area contributed by atoms with Gasteiger partial charge in [0.1, 0.15) is 5.75 Å². The predicted octanol–water partition coefficient (Wildman–Crippen LogP) is 4.09. The third-order valence-corrected chi connectivity index (χ3v) is 4.49. The maximum atomic E-state index is 12.0. The van der Waals surface area contributed by atoms with Crippen LogP contribution in [0.1, 0.15) is 18.2 Å². The number of aliphatic imine (C=N–C) groups is 1. The lowest BCUT2D eigenvalue weighted by molar-refractivity contribution is -0.145. The summed E-state index contributed by atoms with van der Waals surface area (Å²) in [6, 6.07) is 6.78. The number of halogens is 2. The number of carbonyl (C=O) groups excluding carboxylic acids is 2. The molecular formula is C18H13Br2NO6. The molecule has 0 unspecified atom stereocenters. The number of hydrogen-bond donors (Lipinski definition) is 0. The van der Waals surface area contributed by atoms with Crippen molar-refractivity contribution < 1.29 is 28.2 Å². The summed E-state index contributed by atoms with van der Waals surface area (Å²) in [5.41, 5.74) is 0.814. The lowest BCUT2D eigenvalue weighted by Crippen LogP contribution is -2.15. The molecule has 0 saturated carbocycles. The first kappa shape index (κ1) is 19.4. The van der Waals surface area contributed by atoms with Crippen molar-refractivity contribution in [1.82, 2.24) is 0 Å². The van der Waals surface area contributed by atoms with E-state index in [1.807, 2.05) is 0 Å². The summed E-state index contributed by atoms with van der Waals surface area (Å²) in [7, 11) is 0. The average molecular weight is 499 g/mol. The van der Waals surface area contributed by atoms with E-state index in [9.17, 15) is 9.59 Å². The van der Waals surface area contributed by atoms with Gasteiger partial charge in [-0.05, 0) is 74.7 Å². The Morgan fingerprint density at radius 2 is 2.04 bits per heavy atom. The highest BCUT2D eigenvalue weighted by atomic mass is 79.9. The molecule has 2 aromatic rings. The molecule has 2 heterocycles. The number of ether oxygens (including phenoxy) is 3. The van der Waals surface area contributed by atoms with Gasteiger partial charge < -0.3 is 18.6 Å². The van der Waals surface area contributed by atoms with E-state index in [1.54, 1.807) is 37.3 Å². The molecule has 0 atom stereocenters. The molecule has 0 bridgehead atoms. The fraction of sp³-hybridized carbons (Fsp3) is 0.167. The van der Waals surface area contributed by atoms with Crippen molar-refractivity contribution >= 4 is 55.8 Å². The molecule has 0 radical (unpaired) electrons. The van der Waals surface area contributed by atoms with Gasteiger partial charge >= 0.3 is 11.9 Å². The molecule has 9 heteroatoms. The van der Waals surface area contributed by atoms with Gasteiger partial charge in [0.2, 0.25) is 0 Å². The summed E-state index contributed by atoms with van der Waals surface area (Å²) >= 11 is 6.78. The Kier molecular flexibility index (Phi) is 6.12. The smallest absolute Gasteiger partial charge is 0.363 e. The number of benzene rings is 1. The zero-order chi connectivity index (χ0) is 19.4. The topological polar surface area (TPSA) is 87.3 Å². The maximum absolute atomic E-state index is 12.0. The van der Waals surface area contributed by atoms with Gasteiger partial charge in [0.05, 0.1) is 21.8 Å². The molecule has 7 nitrogen and oxygen atoms in total. The molecule has 1 aromatic carbocycles. The number of hydrogen-bond acceptors (Lipinski definition) is 7. The third-order valence-electron chi connectivity index (χ3n) is 3.32. The van der Waals surface area contributed by atoms with Crippen molar-refractivity contribution in [2.75, 3.05) is 13.2 Å². The third kappa shape index (κ3) is 4.67. The van der Waals surface area contributed by atoms with Crippen molar-refractivity contribution in [3.8, 4) is 5.75 Å². The molecule has 0 spiro atoms. The second-order valence-corrected chi connectivity index (χ2v) is 6.93. The monoisotopic (exact) mass is 497 g/mol. The van der Waals surface area contributed by atoms with Crippen molar-refractivity contribution in [2.45, 2.75) is 6.92 Å². The fourth-order valence-electron chi connectivity index (χ4n) is 2.21. The normalized spacial score (nSPS) is 14.9. The van der Waals surface area contributed by atoms with Crippen molar-refractivity contribution in [2.24, 2.45) is 4.99 Å². The Bertz CT molecular complexity index is 910. The minimum atomic E-state index is -0.573. The highest BCUT2D eigenvalue weighted by Gasteiger charge is 2.26. The van der Waals surface area contributed by atoms with E-state index in [0.717, 1.165) is 0 Å². The molecule has 27 heavy (non-hydrogen) atoms. The molecule has 0 saturated heterocycles. The zero-order valence-electron chi connectivity index (χ0n) is 14.0. The first-order chi connectivity index (χ1) is 13.0. The van der Waals surface area contributed by atoms with Gasteiger partial charge in [0, 0.05) is 0 Å². The van der Waals surface area contributed by atoms with E-state index in [-0.39, 0.29) is 24.8 Å². The Morgan fingerprint density at radius 3 is 2.67 bits per heavy atom. The van der Waals surface area contributed by atoms with E-state index >= 15 is 0 Å².